The predicted octanol–water partition coefficient (Wildman–Crippen LogP) is 5.56. The van der Waals surface area contributed by atoms with Gasteiger partial charge in [0.1, 0.15) is 0 Å². The van der Waals surface area contributed by atoms with E-state index in [9.17, 15) is 4.79 Å². The molecule has 0 unspecified atom stereocenters. The highest BCUT2D eigenvalue weighted by Gasteiger charge is 2.38. The van der Waals surface area contributed by atoms with Crippen LogP contribution >= 0.6 is 0 Å². The van der Waals surface area contributed by atoms with Crippen LogP contribution in [0.5, 0.6) is 11.5 Å². The number of ether oxygens (including phenoxy) is 1. The molecule has 1 fully saturated rings. The molecule has 0 N–H and O–H groups in total. The average molecular weight is 394 g/mol. The summed E-state index contributed by atoms with van der Waals surface area (Å²) in [6.07, 6.45) is 1.96. The Labute approximate surface area is 173 Å². The fraction of sp³-hybridized carbons (Fsp3) is 0.458. The standard InChI is InChI=1S/C24H31N3O2/c1-5-25(6-2)18-11-13-20-22(15-18)29-23-16-19(26(7-3)8-4)12-14-21(23)27(20)24(28)17-9-10-17/h11-17H,5-10H2,1-4H3. The summed E-state index contributed by atoms with van der Waals surface area (Å²) in [5.41, 5.74) is 3.94. The second-order valence-corrected chi connectivity index (χ2v) is 7.70. The highest BCUT2D eigenvalue weighted by Crippen LogP contribution is 2.50. The first-order valence-corrected chi connectivity index (χ1v) is 10.9. The number of carbonyl (C=O) groups excluding carboxylic acids is 1. The third kappa shape index (κ3) is 3.54. The molecule has 0 atom stereocenters. The smallest absolute Gasteiger partial charge is 0.234 e. The summed E-state index contributed by atoms with van der Waals surface area (Å²) < 4.78 is 6.37. The van der Waals surface area contributed by atoms with Gasteiger partial charge in [-0.25, -0.2) is 0 Å². The first-order chi connectivity index (χ1) is 14.1. The molecule has 1 aliphatic carbocycles. The minimum absolute atomic E-state index is 0.138. The maximum atomic E-state index is 13.2. The van der Waals surface area contributed by atoms with E-state index in [1.54, 1.807) is 0 Å². The quantitative estimate of drug-likeness (QED) is 0.617. The van der Waals surface area contributed by atoms with E-state index in [2.05, 4.69) is 61.8 Å². The van der Waals surface area contributed by atoms with Crippen LogP contribution in [0, 0.1) is 5.92 Å². The number of hydrogen-bond donors (Lipinski definition) is 0. The van der Waals surface area contributed by atoms with Crippen LogP contribution in [-0.2, 0) is 4.79 Å². The lowest BCUT2D eigenvalue weighted by atomic mass is 10.1. The summed E-state index contributed by atoms with van der Waals surface area (Å²) >= 11 is 0. The molecule has 0 bridgehead atoms. The van der Waals surface area contributed by atoms with Crippen molar-refractivity contribution < 1.29 is 9.53 Å². The molecule has 0 saturated heterocycles. The summed E-state index contributed by atoms with van der Waals surface area (Å²) in [5, 5.41) is 0. The largest absolute Gasteiger partial charge is 0.453 e. The molecule has 2 aromatic rings. The fourth-order valence-electron chi connectivity index (χ4n) is 4.11. The average Bonchev–Trinajstić information content (AvgIpc) is 3.58. The van der Waals surface area contributed by atoms with Crippen LogP contribution in [0.4, 0.5) is 22.7 Å². The van der Waals surface area contributed by atoms with E-state index < -0.39 is 0 Å². The molecule has 0 radical (unpaired) electrons. The molecular weight excluding hydrogens is 362 g/mol. The van der Waals surface area contributed by atoms with Crippen molar-refractivity contribution in [3.63, 3.8) is 0 Å². The Hall–Kier alpha value is -2.69. The Morgan fingerprint density at radius 2 is 1.31 bits per heavy atom. The van der Waals surface area contributed by atoms with E-state index in [0.29, 0.717) is 0 Å². The molecule has 4 rings (SSSR count). The number of anilines is 4. The second kappa shape index (κ2) is 7.97. The number of benzene rings is 2. The van der Waals surface area contributed by atoms with Crippen molar-refractivity contribution in [3.05, 3.63) is 36.4 Å². The van der Waals surface area contributed by atoms with Gasteiger partial charge in [-0.1, -0.05) is 0 Å². The van der Waals surface area contributed by atoms with Gasteiger partial charge in [0.2, 0.25) is 5.91 Å². The topological polar surface area (TPSA) is 36.0 Å². The van der Waals surface area contributed by atoms with Crippen LogP contribution in [0.3, 0.4) is 0 Å². The van der Waals surface area contributed by atoms with Gasteiger partial charge in [0.15, 0.2) is 11.5 Å². The Kier molecular flexibility index (Phi) is 5.39. The zero-order chi connectivity index (χ0) is 20.5. The fourth-order valence-corrected chi connectivity index (χ4v) is 4.11. The Morgan fingerprint density at radius 3 is 1.69 bits per heavy atom. The maximum Gasteiger partial charge on any atom is 0.234 e. The van der Waals surface area contributed by atoms with Gasteiger partial charge in [0.05, 0.1) is 11.4 Å². The molecule has 2 aliphatic rings. The van der Waals surface area contributed by atoms with E-state index in [4.69, 9.17) is 4.74 Å². The van der Waals surface area contributed by atoms with Crippen molar-refractivity contribution in [2.45, 2.75) is 40.5 Å². The molecule has 154 valence electrons. The van der Waals surface area contributed by atoms with E-state index in [0.717, 1.165) is 73.3 Å². The van der Waals surface area contributed by atoms with Crippen LogP contribution < -0.4 is 19.4 Å². The molecule has 1 saturated carbocycles. The summed E-state index contributed by atoms with van der Waals surface area (Å²) in [6.45, 7) is 12.3. The number of amides is 1. The third-order valence-corrected chi connectivity index (χ3v) is 5.99. The molecule has 2 aromatic carbocycles. The lowest BCUT2D eigenvalue weighted by molar-refractivity contribution is -0.119. The van der Waals surface area contributed by atoms with Gasteiger partial charge in [0, 0.05) is 55.6 Å². The lowest BCUT2D eigenvalue weighted by Gasteiger charge is -2.33. The van der Waals surface area contributed by atoms with Crippen LogP contribution in [0.1, 0.15) is 40.5 Å². The molecule has 5 nitrogen and oxygen atoms in total. The minimum Gasteiger partial charge on any atom is -0.453 e. The van der Waals surface area contributed by atoms with Crippen LogP contribution in [0.25, 0.3) is 0 Å². The third-order valence-electron chi connectivity index (χ3n) is 5.99. The number of hydrogen-bond acceptors (Lipinski definition) is 4. The normalized spacial score (nSPS) is 14.7. The molecule has 0 spiro atoms. The van der Waals surface area contributed by atoms with E-state index in [1.165, 1.54) is 0 Å². The van der Waals surface area contributed by atoms with E-state index >= 15 is 0 Å². The molecular formula is C24H31N3O2. The highest BCUT2D eigenvalue weighted by molar-refractivity contribution is 6.06. The molecule has 0 aromatic heterocycles. The van der Waals surface area contributed by atoms with Gasteiger partial charge in [-0.2, -0.15) is 0 Å². The Balaban J connectivity index is 1.79. The van der Waals surface area contributed by atoms with Crippen molar-refractivity contribution in [1.82, 2.24) is 0 Å². The van der Waals surface area contributed by atoms with Gasteiger partial charge in [-0.05, 0) is 64.8 Å². The van der Waals surface area contributed by atoms with Crippen molar-refractivity contribution >= 4 is 28.7 Å². The molecule has 5 heteroatoms. The van der Waals surface area contributed by atoms with Gasteiger partial charge < -0.3 is 14.5 Å². The SMILES string of the molecule is CCN(CC)c1ccc2c(c1)Oc1cc(N(CC)CC)ccc1N2C(=O)C1CC1. The lowest BCUT2D eigenvalue weighted by Crippen LogP contribution is -2.30. The number of rotatable bonds is 7. The minimum atomic E-state index is 0.138. The number of nitrogens with zero attached hydrogens (tertiary/aromatic N) is 3. The number of fused-ring (bicyclic) bond motifs is 2. The summed E-state index contributed by atoms with van der Waals surface area (Å²) in [7, 11) is 0. The molecule has 1 heterocycles. The summed E-state index contributed by atoms with van der Waals surface area (Å²) in [4.78, 5) is 19.7. The zero-order valence-electron chi connectivity index (χ0n) is 17.9. The Morgan fingerprint density at radius 1 is 0.862 bits per heavy atom. The molecule has 29 heavy (non-hydrogen) atoms. The highest BCUT2D eigenvalue weighted by atomic mass is 16.5. The second-order valence-electron chi connectivity index (χ2n) is 7.70. The molecule has 1 amide bonds. The van der Waals surface area contributed by atoms with Crippen molar-refractivity contribution in [1.29, 1.82) is 0 Å². The van der Waals surface area contributed by atoms with Crippen LogP contribution in [-0.4, -0.2) is 32.1 Å². The van der Waals surface area contributed by atoms with Gasteiger partial charge in [0.25, 0.3) is 0 Å². The van der Waals surface area contributed by atoms with Crippen LogP contribution in [0.2, 0.25) is 0 Å². The number of carbonyl (C=O) groups is 1. The zero-order valence-corrected chi connectivity index (χ0v) is 17.9. The Bertz CT molecular complexity index is 837. The molecule has 1 aliphatic heterocycles. The van der Waals surface area contributed by atoms with E-state index in [1.807, 2.05) is 17.0 Å². The summed E-state index contributed by atoms with van der Waals surface area (Å²) in [5.74, 6) is 1.83. The monoisotopic (exact) mass is 393 g/mol. The maximum absolute atomic E-state index is 13.2. The summed E-state index contributed by atoms with van der Waals surface area (Å²) in [6, 6.07) is 12.4. The first-order valence-electron chi connectivity index (χ1n) is 10.9. The van der Waals surface area contributed by atoms with Crippen molar-refractivity contribution in [2.24, 2.45) is 5.92 Å². The van der Waals surface area contributed by atoms with E-state index in [-0.39, 0.29) is 11.8 Å². The predicted molar refractivity (Wildman–Crippen MR) is 120 cm³/mol. The van der Waals surface area contributed by atoms with Crippen LogP contribution in [0.15, 0.2) is 36.4 Å². The van der Waals surface area contributed by atoms with Crippen molar-refractivity contribution in [3.8, 4) is 11.5 Å². The van der Waals surface area contributed by atoms with Gasteiger partial charge >= 0.3 is 0 Å². The van der Waals surface area contributed by atoms with Gasteiger partial charge in [-0.15, -0.1) is 0 Å². The first kappa shape index (κ1) is 19.6. The van der Waals surface area contributed by atoms with Gasteiger partial charge in [-0.3, -0.25) is 9.69 Å². The van der Waals surface area contributed by atoms with Crippen molar-refractivity contribution in [2.75, 3.05) is 40.9 Å².